The molecule has 1 atom stereocenters. The van der Waals surface area contributed by atoms with Crippen LogP contribution in [0.1, 0.15) is 85.6 Å². The van der Waals surface area contributed by atoms with Crippen LogP contribution in [0.25, 0.3) is 0 Å². The molecule has 0 spiro atoms. The van der Waals surface area contributed by atoms with E-state index >= 15 is 0 Å². The highest BCUT2D eigenvalue weighted by Crippen LogP contribution is 2.48. The minimum Gasteiger partial charge on any atom is -0.399 e. The van der Waals surface area contributed by atoms with E-state index in [4.69, 9.17) is 9.31 Å². The molecule has 1 aliphatic heterocycles. The van der Waals surface area contributed by atoms with Crippen molar-refractivity contribution in [2.24, 2.45) is 0 Å². The number of hydrogen-bond donors (Lipinski definition) is 2. The fourth-order valence-corrected chi connectivity index (χ4v) is 3.27. The molecule has 1 unspecified atom stereocenters. The first kappa shape index (κ1) is 19.9. The van der Waals surface area contributed by atoms with E-state index < -0.39 is 13.3 Å². The first-order valence-electron chi connectivity index (χ1n) is 9.69. The number of aliphatic hydroxyl groups is 1. The lowest BCUT2D eigenvalue weighted by Crippen LogP contribution is -2.41. The maximum Gasteiger partial charge on any atom is 0.494 e. The summed E-state index contributed by atoms with van der Waals surface area (Å²) in [4.78, 5) is 0. The summed E-state index contributed by atoms with van der Waals surface area (Å²) < 4.78 is 12.5. The molecule has 4 nitrogen and oxygen atoms in total. The molecule has 1 heterocycles. The van der Waals surface area contributed by atoms with Crippen LogP contribution in [0.5, 0.6) is 0 Å². The summed E-state index contributed by atoms with van der Waals surface area (Å²) in [6.07, 6.45) is 1.64. The van der Waals surface area contributed by atoms with E-state index in [2.05, 4.69) is 72.8 Å². The SMILES string of the molecule is CC(C)(C)NC(O)c1cc(B2OC(C)(C)C(C)(C)O2)cc(C2(C)CC2)c1. The molecule has 2 N–H and O–H groups in total. The third-order valence-electron chi connectivity index (χ3n) is 6.09. The molecule has 1 aromatic carbocycles. The van der Waals surface area contributed by atoms with Crippen LogP contribution in [-0.2, 0) is 14.7 Å². The fraction of sp³-hybridized carbons (Fsp3) is 0.714. The lowest BCUT2D eigenvalue weighted by atomic mass is 9.76. The highest BCUT2D eigenvalue weighted by atomic mass is 16.7. The van der Waals surface area contributed by atoms with Crippen molar-refractivity contribution in [3.8, 4) is 0 Å². The minimum atomic E-state index is -0.724. The summed E-state index contributed by atoms with van der Waals surface area (Å²) in [6, 6.07) is 6.34. The smallest absolute Gasteiger partial charge is 0.399 e. The summed E-state index contributed by atoms with van der Waals surface area (Å²) in [5, 5.41) is 14.0. The van der Waals surface area contributed by atoms with E-state index in [-0.39, 0.29) is 22.2 Å². The zero-order valence-corrected chi connectivity index (χ0v) is 17.6. The van der Waals surface area contributed by atoms with E-state index in [0.717, 1.165) is 11.0 Å². The normalized spacial score (nSPS) is 24.6. The van der Waals surface area contributed by atoms with Crippen molar-refractivity contribution in [1.82, 2.24) is 5.32 Å². The van der Waals surface area contributed by atoms with E-state index in [1.165, 1.54) is 18.4 Å². The van der Waals surface area contributed by atoms with Gasteiger partial charge in [0.25, 0.3) is 0 Å². The third kappa shape index (κ3) is 3.86. The highest BCUT2D eigenvalue weighted by Gasteiger charge is 2.52. The maximum atomic E-state index is 10.7. The van der Waals surface area contributed by atoms with Crippen molar-refractivity contribution in [3.63, 3.8) is 0 Å². The first-order valence-corrected chi connectivity index (χ1v) is 9.69. The summed E-state index contributed by atoms with van der Waals surface area (Å²) in [7, 11) is -0.414. The minimum absolute atomic E-state index is 0.177. The molecule has 1 aromatic rings. The lowest BCUT2D eigenvalue weighted by Gasteiger charge is -2.32. The molecule has 0 radical (unpaired) electrons. The second kappa shape index (κ2) is 6.06. The second-order valence-corrected chi connectivity index (χ2v) is 10.3. The number of nitrogens with one attached hydrogen (secondary N) is 1. The molecular weight excluding hydrogens is 325 g/mol. The van der Waals surface area contributed by atoms with Gasteiger partial charge in [-0.1, -0.05) is 25.1 Å². The lowest BCUT2D eigenvalue weighted by molar-refractivity contribution is 0.00578. The van der Waals surface area contributed by atoms with Crippen LogP contribution in [0.3, 0.4) is 0 Å². The van der Waals surface area contributed by atoms with Crippen LogP contribution in [0, 0.1) is 0 Å². The summed E-state index contributed by atoms with van der Waals surface area (Å²) in [5.74, 6) is 0. The fourth-order valence-electron chi connectivity index (χ4n) is 3.27. The summed E-state index contributed by atoms with van der Waals surface area (Å²) in [6.45, 7) is 16.7. The molecule has 1 saturated heterocycles. The zero-order chi connectivity index (χ0) is 19.5. The molecule has 26 heavy (non-hydrogen) atoms. The molecular formula is C21H34BNO3. The molecule has 3 rings (SSSR count). The van der Waals surface area contributed by atoms with Crippen molar-refractivity contribution in [2.45, 2.75) is 96.6 Å². The number of benzene rings is 1. The van der Waals surface area contributed by atoms with Gasteiger partial charge in [-0.2, -0.15) is 0 Å². The number of aliphatic hydroxyl groups excluding tert-OH is 1. The van der Waals surface area contributed by atoms with Gasteiger partial charge in [0.05, 0.1) is 11.2 Å². The van der Waals surface area contributed by atoms with Gasteiger partial charge in [-0.25, -0.2) is 0 Å². The average Bonchev–Trinajstić information content (AvgIpc) is 3.18. The van der Waals surface area contributed by atoms with Crippen LogP contribution in [0.4, 0.5) is 0 Å². The molecule has 144 valence electrons. The Balaban J connectivity index is 1.97. The second-order valence-electron chi connectivity index (χ2n) is 10.3. The maximum absolute atomic E-state index is 10.7. The van der Waals surface area contributed by atoms with Gasteiger partial charge in [0, 0.05) is 5.54 Å². The van der Waals surface area contributed by atoms with Gasteiger partial charge in [-0.15, -0.1) is 0 Å². The van der Waals surface area contributed by atoms with Crippen LogP contribution >= 0.6 is 0 Å². The van der Waals surface area contributed by atoms with Gasteiger partial charge in [-0.3, -0.25) is 5.32 Å². The average molecular weight is 359 g/mol. The van der Waals surface area contributed by atoms with Gasteiger partial charge >= 0.3 is 7.12 Å². The van der Waals surface area contributed by atoms with Crippen molar-refractivity contribution in [2.75, 3.05) is 0 Å². The van der Waals surface area contributed by atoms with E-state index in [9.17, 15) is 5.11 Å². The zero-order valence-electron chi connectivity index (χ0n) is 17.6. The predicted molar refractivity (Wildman–Crippen MR) is 107 cm³/mol. The summed E-state index contributed by atoms with van der Waals surface area (Å²) >= 11 is 0. The molecule has 1 saturated carbocycles. The molecule has 0 aromatic heterocycles. The van der Waals surface area contributed by atoms with Crippen molar-refractivity contribution in [3.05, 3.63) is 29.3 Å². The predicted octanol–water partition coefficient (Wildman–Crippen LogP) is 3.42. The van der Waals surface area contributed by atoms with E-state index in [0.29, 0.717) is 0 Å². The molecule has 1 aliphatic carbocycles. The van der Waals surface area contributed by atoms with Gasteiger partial charge in [0.1, 0.15) is 6.23 Å². The molecule has 2 fully saturated rings. The van der Waals surface area contributed by atoms with Gasteiger partial charge in [0.15, 0.2) is 0 Å². The van der Waals surface area contributed by atoms with E-state index in [1.807, 2.05) is 6.07 Å². The van der Waals surface area contributed by atoms with Crippen molar-refractivity contribution >= 4 is 12.6 Å². The standard InChI is InChI=1S/C21H34BNO3/c1-18(2,3)23-17(24)14-11-15(21(8)9-10-21)13-16(12-14)22-25-19(4,5)20(6,7)26-22/h11-13,17,23-24H,9-10H2,1-8H3. The largest absolute Gasteiger partial charge is 0.494 e. The Kier molecular flexibility index (Phi) is 4.64. The Labute approximate surface area is 158 Å². The Hall–Kier alpha value is -0.875. The third-order valence-corrected chi connectivity index (χ3v) is 6.09. The van der Waals surface area contributed by atoms with E-state index in [1.54, 1.807) is 0 Å². The van der Waals surface area contributed by atoms with Gasteiger partial charge in [-0.05, 0) is 83.3 Å². The Morgan fingerprint density at radius 3 is 2.00 bits per heavy atom. The number of rotatable bonds is 4. The van der Waals surface area contributed by atoms with Gasteiger partial charge in [0.2, 0.25) is 0 Å². The monoisotopic (exact) mass is 359 g/mol. The number of hydrogen-bond acceptors (Lipinski definition) is 4. The first-order chi connectivity index (χ1) is 11.7. The molecule has 0 bridgehead atoms. The van der Waals surface area contributed by atoms with Crippen LogP contribution in [0.15, 0.2) is 18.2 Å². The molecule has 2 aliphatic rings. The Bertz CT molecular complexity index is 673. The Morgan fingerprint density at radius 1 is 1.00 bits per heavy atom. The van der Waals surface area contributed by atoms with Crippen LogP contribution in [-0.4, -0.2) is 29.0 Å². The molecule has 5 heteroatoms. The van der Waals surface area contributed by atoms with Crippen molar-refractivity contribution < 1.29 is 14.4 Å². The molecule has 0 amide bonds. The van der Waals surface area contributed by atoms with Crippen LogP contribution in [0.2, 0.25) is 0 Å². The quantitative estimate of drug-likeness (QED) is 0.639. The van der Waals surface area contributed by atoms with Crippen LogP contribution < -0.4 is 10.8 Å². The Morgan fingerprint density at radius 2 is 1.54 bits per heavy atom. The van der Waals surface area contributed by atoms with Crippen molar-refractivity contribution in [1.29, 1.82) is 0 Å². The van der Waals surface area contributed by atoms with Gasteiger partial charge < -0.3 is 14.4 Å². The topological polar surface area (TPSA) is 50.7 Å². The highest BCUT2D eigenvalue weighted by molar-refractivity contribution is 6.62. The summed E-state index contributed by atoms with van der Waals surface area (Å²) in [5.41, 5.74) is 2.39.